The molecule has 0 aromatic heterocycles. The second kappa shape index (κ2) is 9.15. The highest BCUT2D eigenvalue weighted by Gasteiger charge is 2.50. The Morgan fingerprint density at radius 2 is 1.77 bits per heavy atom. The number of aliphatic carboxylic acids is 1. The van der Waals surface area contributed by atoms with E-state index in [2.05, 4.69) is 10.6 Å². The highest BCUT2D eigenvalue weighted by atomic mass is 32.2. The molecule has 1 unspecified atom stereocenters. The summed E-state index contributed by atoms with van der Waals surface area (Å²) in [6.45, 7) is 5.42. The number of anilines is 1. The van der Waals surface area contributed by atoms with E-state index in [1.54, 1.807) is 17.2 Å². The third-order valence-corrected chi connectivity index (χ3v) is 8.68. The van der Waals surface area contributed by atoms with Crippen molar-refractivity contribution in [3.8, 4) is 0 Å². The lowest BCUT2D eigenvalue weighted by Crippen LogP contribution is -2.56. The number of carboxylic acid groups (broad SMARTS) is 1. The van der Waals surface area contributed by atoms with Crippen LogP contribution in [0.5, 0.6) is 0 Å². The number of hydrogen-bond donors (Lipinski definition) is 3. The number of nitrogens with zero attached hydrogens (tertiary/aromatic N) is 1. The lowest BCUT2D eigenvalue weighted by molar-refractivity contribution is -0.133. The molecule has 1 saturated carbocycles. The number of carbonyl (C=O) groups is 2. The zero-order chi connectivity index (χ0) is 22.0. The fraction of sp³-hybridized carbons (Fsp3) is 0.583. The standard InChI is InChI=1S/C24H33N3O3S/c1-16-8-9-17(2)20(14-16)25-23(30)27-12-10-19(11-13-27)24(18-6-4-3-5-7-18)26-21(15-31-24)22(28)29/h8-9,14-15,18-19,26H,3-7,10-13H2,1-2H3,(H,25,30)(H,28,29). The van der Waals surface area contributed by atoms with Gasteiger partial charge in [-0.25, -0.2) is 9.59 Å². The molecule has 1 saturated heterocycles. The topological polar surface area (TPSA) is 81.7 Å². The predicted molar refractivity (Wildman–Crippen MR) is 125 cm³/mol. The van der Waals surface area contributed by atoms with Gasteiger partial charge in [-0.05, 0) is 68.6 Å². The van der Waals surface area contributed by atoms with Crippen molar-refractivity contribution in [3.63, 3.8) is 0 Å². The fourth-order valence-electron chi connectivity index (χ4n) is 5.37. The van der Waals surface area contributed by atoms with Gasteiger partial charge in [0.15, 0.2) is 0 Å². The molecule has 2 heterocycles. The lowest BCUT2D eigenvalue weighted by atomic mass is 9.75. The number of nitrogens with one attached hydrogen (secondary N) is 2. The Labute approximate surface area is 188 Å². The zero-order valence-corrected chi connectivity index (χ0v) is 19.3. The summed E-state index contributed by atoms with van der Waals surface area (Å²) in [5.41, 5.74) is 3.38. The van der Waals surface area contributed by atoms with E-state index in [1.165, 1.54) is 19.3 Å². The minimum atomic E-state index is -0.879. The van der Waals surface area contributed by atoms with Crippen molar-refractivity contribution in [2.75, 3.05) is 18.4 Å². The lowest BCUT2D eigenvalue weighted by Gasteiger charge is -2.48. The molecule has 6 nitrogen and oxygen atoms in total. The molecule has 0 bridgehead atoms. The van der Waals surface area contributed by atoms with Gasteiger partial charge in [0.2, 0.25) is 0 Å². The van der Waals surface area contributed by atoms with Crippen LogP contribution in [-0.2, 0) is 4.79 Å². The highest BCUT2D eigenvalue weighted by molar-refractivity contribution is 8.03. The number of benzene rings is 1. The van der Waals surface area contributed by atoms with Crippen LogP contribution in [0, 0.1) is 25.7 Å². The number of thioether (sulfide) groups is 1. The van der Waals surface area contributed by atoms with Crippen molar-refractivity contribution < 1.29 is 14.7 Å². The Hall–Kier alpha value is -2.15. The number of piperidine rings is 1. The first-order chi connectivity index (χ1) is 14.9. The van der Waals surface area contributed by atoms with Gasteiger partial charge in [0, 0.05) is 24.2 Å². The summed E-state index contributed by atoms with van der Waals surface area (Å²) in [4.78, 5) is 26.2. The molecule has 1 aromatic rings. The Kier molecular flexibility index (Phi) is 6.51. The van der Waals surface area contributed by atoms with E-state index >= 15 is 0 Å². The van der Waals surface area contributed by atoms with E-state index in [0.717, 1.165) is 42.5 Å². The van der Waals surface area contributed by atoms with Gasteiger partial charge in [-0.15, -0.1) is 11.8 Å². The van der Waals surface area contributed by atoms with Crippen molar-refractivity contribution in [3.05, 3.63) is 40.4 Å². The number of likely N-dealkylation sites (tertiary alicyclic amines) is 1. The molecule has 2 fully saturated rings. The Morgan fingerprint density at radius 1 is 1.10 bits per heavy atom. The molecular formula is C24H33N3O3S. The van der Waals surface area contributed by atoms with Crippen LogP contribution >= 0.6 is 11.8 Å². The van der Waals surface area contributed by atoms with Gasteiger partial charge < -0.3 is 20.6 Å². The molecule has 0 radical (unpaired) electrons. The van der Waals surface area contributed by atoms with Crippen molar-refractivity contribution in [1.29, 1.82) is 0 Å². The summed E-state index contributed by atoms with van der Waals surface area (Å²) in [6.07, 6.45) is 7.77. The van der Waals surface area contributed by atoms with Gasteiger partial charge in [-0.3, -0.25) is 0 Å². The molecule has 3 N–H and O–H groups in total. The average Bonchev–Trinajstić information content (AvgIpc) is 3.24. The van der Waals surface area contributed by atoms with E-state index in [0.29, 0.717) is 30.6 Å². The van der Waals surface area contributed by atoms with Gasteiger partial charge in [-0.2, -0.15) is 0 Å². The smallest absolute Gasteiger partial charge is 0.352 e. The highest BCUT2D eigenvalue weighted by Crippen LogP contribution is 2.51. The molecule has 7 heteroatoms. The zero-order valence-electron chi connectivity index (χ0n) is 18.4. The maximum absolute atomic E-state index is 12.9. The molecule has 2 aliphatic heterocycles. The van der Waals surface area contributed by atoms with Crippen LogP contribution in [0.15, 0.2) is 29.3 Å². The monoisotopic (exact) mass is 443 g/mol. The quantitative estimate of drug-likeness (QED) is 0.604. The van der Waals surface area contributed by atoms with Crippen LogP contribution < -0.4 is 10.6 Å². The minimum absolute atomic E-state index is 0.0461. The Bertz CT molecular complexity index is 873. The number of aryl methyl sites for hydroxylation is 2. The minimum Gasteiger partial charge on any atom is -0.477 e. The average molecular weight is 444 g/mol. The maximum Gasteiger partial charge on any atom is 0.352 e. The van der Waals surface area contributed by atoms with Crippen molar-refractivity contribution in [1.82, 2.24) is 10.2 Å². The SMILES string of the molecule is Cc1ccc(C)c(NC(=O)N2CCC(C3(C4CCCCC4)NC(C(=O)O)=CS3)CC2)c1. The van der Waals surface area contributed by atoms with Crippen molar-refractivity contribution in [2.24, 2.45) is 11.8 Å². The van der Waals surface area contributed by atoms with Gasteiger partial charge >= 0.3 is 12.0 Å². The predicted octanol–water partition coefficient (Wildman–Crippen LogP) is 5.09. The van der Waals surface area contributed by atoms with Crippen LogP contribution in [-0.4, -0.2) is 40.0 Å². The summed E-state index contributed by atoms with van der Waals surface area (Å²) in [5.74, 6) is -0.0614. The number of carboxylic acids is 1. The number of rotatable bonds is 4. The van der Waals surface area contributed by atoms with E-state index in [-0.39, 0.29) is 10.9 Å². The number of hydrogen-bond acceptors (Lipinski definition) is 4. The summed E-state index contributed by atoms with van der Waals surface area (Å²) in [6, 6.07) is 6.04. The first-order valence-corrected chi connectivity index (χ1v) is 12.3. The van der Waals surface area contributed by atoms with E-state index in [1.807, 2.05) is 36.9 Å². The largest absolute Gasteiger partial charge is 0.477 e. The summed E-state index contributed by atoms with van der Waals surface area (Å²) in [7, 11) is 0. The molecular weight excluding hydrogens is 410 g/mol. The van der Waals surface area contributed by atoms with E-state index < -0.39 is 5.97 Å². The molecule has 4 rings (SSSR count). The molecule has 0 spiro atoms. The second-order valence-electron chi connectivity index (χ2n) is 9.22. The molecule has 168 valence electrons. The van der Waals surface area contributed by atoms with Gasteiger partial charge in [0.1, 0.15) is 5.70 Å². The number of urea groups is 1. The molecule has 2 amide bonds. The van der Waals surface area contributed by atoms with Crippen LogP contribution in [0.2, 0.25) is 0 Å². The first kappa shape index (κ1) is 22.1. The first-order valence-electron chi connectivity index (χ1n) is 11.4. The summed E-state index contributed by atoms with van der Waals surface area (Å²) >= 11 is 1.68. The van der Waals surface area contributed by atoms with Gasteiger partial charge in [0.05, 0.1) is 4.87 Å². The number of amides is 2. The van der Waals surface area contributed by atoms with Crippen molar-refractivity contribution in [2.45, 2.75) is 63.7 Å². The third kappa shape index (κ3) is 4.56. The van der Waals surface area contributed by atoms with Crippen LogP contribution in [0.4, 0.5) is 10.5 Å². The van der Waals surface area contributed by atoms with E-state index in [4.69, 9.17) is 0 Å². The van der Waals surface area contributed by atoms with E-state index in [9.17, 15) is 14.7 Å². The Morgan fingerprint density at radius 3 is 2.42 bits per heavy atom. The van der Waals surface area contributed by atoms with Crippen LogP contribution in [0.1, 0.15) is 56.1 Å². The molecule has 31 heavy (non-hydrogen) atoms. The van der Waals surface area contributed by atoms with Crippen molar-refractivity contribution >= 4 is 29.4 Å². The molecule has 1 aromatic carbocycles. The maximum atomic E-state index is 12.9. The second-order valence-corrected chi connectivity index (χ2v) is 10.4. The summed E-state index contributed by atoms with van der Waals surface area (Å²) in [5, 5.41) is 17.9. The number of carbonyl (C=O) groups excluding carboxylic acids is 1. The van der Waals surface area contributed by atoms with Gasteiger partial charge in [0.25, 0.3) is 0 Å². The fourth-order valence-corrected chi connectivity index (χ4v) is 6.87. The van der Waals surface area contributed by atoms with Gasteiger partial charge in [-0.1, -0.05) is 31.4 Å². The molecule has 3 aliphatic rings. The molecule has 1 atom stereocenters. The summed E-state index contributed by atoms with van der Waals surface area (Å²) < 4.78 is 0. The Balaban J connectivity index is 1.42. The third-order valence-electron chi connectivity index (χ3n) is 7.17. The van der Waals surface area contributed by atoms with Crippen LogP contribution in [0.25, 0.3) is 0 Å². The normalized spacial score (nSPS) is 25.1. The molecule has 1 aliphatic carbocycles. The van der Waals surface area contributed by atoms with Crippen LogP contribution in [0.3, 0.4) is 0 Å².